The van der Waals surface area contributed by atoms with E-state index in [-0.39, 0.29) is 49.4 Å². The lowest BCUT2D eigenvalue weighted by atomic mass is 10.3. The van der Waals surface area contributed by atoms with E-state index in [1.807, 2.05) is 0 Å². The summed E-state index contributed by atoms with van der Waals surface area (Å²) in [5, 5.41) is 0. The molecule has 0 aliphatic carbocycles. The first-order valence-electron chi connectivity index (χ1n) is 13.8. The van der Waals surface area contributed by atoms with Crippen molar-refractivity contribution in [3.8, 4) is 0 Å². The standard InChI is InChI=1S/C28H26Cl6N2O10S2/c29-27(30,31)23(45-21(37)15-35-17-5-1-3-7-19(17)47-25(35)39)43-13-11-41-9-10-42-12-14-44-24(28(32,33)34)46-22(38)16-36-18-6-2-4-8-20(18)48-26(36)40/h1-8,23-24H,9-16H2/t23-,24+. The molecule has 48 heavy (non-hydrogen) atoms. The fourth-order valence-electron chi connectivity index (χ4n) is 4.04. The van der Waals surface area contributed by atoms with Crippen LogP contribution < -0.4 is 9.75 Å². The largest absolute Gasteiger partial charge is 0.430 e. The molecule has 2 heterocycles. The van der Waals surface area contributed by atoms with Gasteiger partial charge in [0.1, 0.15) is 13.1 Å². The molecule has 0 saturated heterocycles. The maximum atomic E-state index is 12.5. The van der Waals surface area contributed by atoms with Crippen molar-refractivity contribution in [3.05, 3.63) is 67.9 Å². The fraction of sp³-hybridized carbons (Fsp3) is 0.429. The molecule has 0 saturated carbocycles. The summed E-state index contributed by atoms with van der Waals surface area (Å²) in [6.45, 7) is -0.725. The third kappa shape index (κ3) is 11.4. The molecule has 0 bridgehead atoms. The highest BCUT2D eigenvalue weighted by atomic mass is 35.6. The second kappa shape index (κ2) is 18.0. The number of aromatic nitrogens is 2. The molecule has 262 valence electrons. The Kier molecular flexibility index (Phi) is 14.7. The molecule has 0 N–H and O–H groups in total. The first-order chi connectivity index (χ1) is 22.7. The molecular formula is C28H26Cl6N2O10S2. The Morgan fingerprint density at radius 1 is 0.604 bits per heavy atom. The molecule has 0 radical (unpaired) electrons. The quantitative estimate of drug-likeness (QED) is 0.0567. The SMILES string of the molecule is O=C(Cn1c(=O)sc2ccccc21)O[C@@H](OCCOCCOCCO[C@@H](OC(=O)Cn1c(=O)sc2ccccc21)C(Cl)(Cl)Cl)C(Cl)(Cl)Cl. The van der Waals surface area contributed by atoms with Gasteiger partial charge in [-0.05, 0) is 24.3 Å². The predicted octanol–water partition coefficient (Wildman–Crippen LogP) is 5.69. The van der Waals surface area contributed by atoms with E-state index in [4.69, 9.17) is 98.0 Å². The Balaban J connectivity index is 1.12. The monoisotopic (exact) mass is 824 g/mol. The first kappa shape index (κ1) is 39.1. The summed E-state index contributed by atoms with van der Waals surface area (Å²) in [6, 6.07) is 14.0. The smallest absolute Gasteiger partial charge is 0.328 e. The normalized spacial score (nSPS) is 13.5. The van der Waals surface area contributed by atoms with Gasteiger partial charge in [0.05, 0.1) is 60.1 Å². The van der Waals surface area contributed by atoms with Crippen molar-refractivity contribution in [3.63, 3.8) is 0 Å². The van der Waals surface area contributed by atoms with Gasteiger partial charge in [-0.1, -0.05) is 117 Å². The summed E-state index contributed by atoms with van der Waals surface area (Å²) in [4.78, 5) is 49.0. The van der Waals surface area contributed by atoms with Gasteiger partial charge in [0.2, 0.25) is 0 Å². The van der Waals surface area contributed by atoms with Gasteiger partial charge in [-0.25, -0.2) is 0 Å². The number of rotatable bonds is 17. The molecule has 0 fully saturated rings. The number of hydrogen-bond donors (Lipinski definition) is 0. The Hall–Kier alpha value is -1.66. The Bertz CT molecular complexity index is 1670. The van der Waals surface area contributed by atoms with Crippen LogP contribution in [0.2, 0.25) is 0 Å². The fourth-order valence-corrected chi connectivity index (χ4v) is 6.47. The average molecular weight is 827 g/mol. The van der Waals surface area contributed by atoms with Crippen LogP contribution in [0.1, 0.15) is 0 Å². The van der Waals surface area contributed by atoms with E-state index in [1.165, 1.54) is 9.13 Å². The van der Waals surface area contributed by atoms with Crippen molar-refractivity contribution in [2.75, 3.05) is 39.6 Å². The predicted molar refractivity (Wildman–Crippen MR) is 186 cm³/mol. The number of benzene rings is 2. The van der Waals surface area contributed by atoms with Crippen molar-refractivity contribution in [2.45, 2.75) is 33.3 Å². The molecule has 0 unspecified atom stereocenters. The van der Waals surface area contributed by atoms with E-state index in [9.17, 15) is 19.2 Å². The van der Waals surface area contributed by atoms with Crippen LogP contribution in [0.4, 0.5) is 0 Å². The number of hydrogen-bond acceptors (Lipinski definition) is 12. The Morgan fingerprint density at radius 3 is 1.33 bits per heavy atom. The van der Waals surface area contributed by atoms with Crippen LogP contribution in [0.5, 0.6) is 0 Å². The van der Waals surface area contributed by atoms with Crippen LogP contribution in [0.3, 0.4) is 0 Å². The number of ether oxygens (including phenoxy) is 6. The number of halogens is 6. The lowest BCUT2D eigenvalue weighted by Crippen LogP contribution is -2.36. The molecule has 20 heteroatoms. The molecule has 0 amide bonds. The molecule has 0 spiro atoms. The van der Waals surface area contributed by atoms with Gasteiger partial charge < -0.3 is 28.4 Å². The van der Waals surface area contributed by atoms with E-state index in [2.05, 4.69) is 0 Å². The Morgan fingerprint density at radius 2 is 0.958 bits per heavy atom. The van der Waals surface area contributed by atoms with Gasteiger partial charge in [-0.15, -0.1) is 0 Å². The van der Waals surface area contributed by atoms with Crippen molar-refractivity contribution >= 4 is 125 Å². The average Bonchev–Trinajstić information content (AvgIpc) is 3.50. The topological polar surface area (TPSA) is 134 Å². The number of para-hydroxylation sites is 2. The molecule has 2 aromatic carbocycles. The third-order valence-corrected chi connectivity index (χ3v) is 9.09. The minimum Gasteiger partial charge on any atom is -0.430 e. The first-order valence-corrected chi connectivity index (χ1v) is 17.7. The maximum absolute atomic E-state index is 12.5. The van der Waals surface area contributed by atoms with Crippen molar-refractivity contribution in [2.24, 2.45) is 0 Å². The summed E-state index contributed by atoms with van der Waals surface area (Å²) in [6.07, 6.45) is -3.14. The van der Waals surface area contributed by atoms with Crippen LogP contribution in [0.15, 0.2) is 58.1 Å². The highest BCUT2D eigenvalue weighted by Gasteiger charge is 2.38. The number of alkyl halides is 6. The molecule has 4 rings (SSSR count). The van der Waals surface area contributed by atoms with Crippen molar-refractivity contribution < 1.29 is 38.0 Å². The summed E-state index contributed by atoms with van der Waals surface area (Å²) in [5.41, 5.74) is 1.15. The minimum absolute atomic E-state index is 0.0249. The molecule has 12 nitrogen and oxygen atoms in total. The zero-order valence-electron chi connectivity index (χ0n) is 24.5. The molecule has 4 aromatic rings. The van der Waals surface area contributed by atoms with Crippen LogP contribution in [0.25, 0.3) is 20.4 Å². The highest BCUT2D eigenvalue weighted by Crippen LogP contribution is 2.34. The molecule has 2 aromatic heterocycles. The number of thiazole rings is 2. The third-order valence-electron chi connectivity index (χ3n) is 6.10. The van der Waals surface area contributed by atoms with Gasteiger partial charge in [0.15, 0.2) is 0 Å². The van der Waals surface area contributed by atoms with E-state index < -0.39 is 45.2 Å². The molecular weight excluding hydrogens is 801 g/mol. The van der Waals surface area contributed by atoms with Crippen LogP contribution in [0, 0.1) is 0 Å². The molecule has 2 atom stereocenters. The van der Waals surface area contributed by atoms with Gasteiger partial charge in [0.25, 0.3) is 20.2 Å². The zero-order chi connectivity index (χ0) is 34.9. The Labute approximate surface area is 310 Å². The summed E-state index contributed by atoms with van der Waals surface area (Å²) in [5.74, 6) is -1.68. The number of esters is 2. The summed E-state index contributed by atoms with van der Waals surface area (Å²) >= 11 is 37.5. The second-order valence-electron chi connectivity index (χ2n) is 9.54. The minimum atomic E-state index is -2.12. The van der Waals surface area contributed by atoms with E-state index >= 15 is 0 Å². The molecule has 0 aliphatic rings. The van der Waals surface area contributed by atoms with Gasteiger partial charge >= 0.3 is 21.7 Å². The van der Waals surface area contributed by atoms with Gasteiger partial charge in [-0.3, -0.25) is 28.3 Å². The zero-order valence-corrected chi connectivity index (χ0v) is 30.7. The van der Waals surface area contributed by atoms with Crippen LogP contribution in [-0.4, -0.2) is 80.9 Å². The lowest BCUT2D eigenvalue weighted by Gasteiger charge is -2.24. The number of nitrogens with zero attached hydrogens (tertiary/aromatic N) is 2. The lowest BCUT2D eigenvalue weighted by molar-refractivity contribution is -0.183. The van der Waals surface area contributed by atoms with Crippen molar-refractivity contribution in [1.82, 2.24) is 9.13 Å². The number of carbonyl (C=O) groups is 2. The summed E-state index contributed by atoms with van der Waals surface area (Å²) in [7, 11) is 0. The number of fused-ring (bicyclic) bond motifs is 2. The maximum Gasteiger partial charge on any atom is 0.328 e. The van der Waals surface area contributed by atoms with Gasteiger partial charge in [0, 0.05) is 0 Å². The second-order valence-corrected chi connectivity index (χ2v) is 16.3. The molecule has 0 aliphatic heterocycles. The van der Waals surface area contributed by atoms with Crippen LogP contribution >= 0.6 is 92.3 Å². The van der Waals surface area contributed by atoms with Crippen LogP contribution in [-0.2, 0) is 51.1 Å². The van der Waals surface area contributed by atoms with E-state index in [0.29, 0.717) is 20.4 Å². The van der Waals surface area contributed by atoms with Gasteiger partial charge in [-0.2, -0.15) is 0 Å². The number of carbonyl (C=O) groups excluding carboxylic acids is 2. The summed E-state index contributed by atoms with van der Waals surface area (Å²) < 4.78 is 31.7. The van der Waals surface area contributed by atoms with E-state index in [0.717, 1.165) is 22.7 Å². The van der Waals surface area contributed by atoms with E-state index in [1.54, 1.807) is 48.5 Å². The van der Waals surface area contributed by atoms with Crippen molar-refractivity contribution in [1.29, 1.82) is 0 Å². The highest BCUT2D eigenvalue weighted by molar-refractivity contribution is 7.16.